The van der Waals surface area contributed by atoms with Crippen LogP contribution < -0.4 is 10.6 Å². The molecular weight excluding hydrogens is 199 g/mol. The van der Waals surface area contributed by atoms with E-state index < -0.39 is 0 Å². The fraction of sp³-hybridized carbons (Fsp3) is 0.300. The molecule has 1 aromatic carbocycles. The Morgan fingerprint density at radius 2 is 2.21 bits per heavy atom. The minimum absolute atomic E-state index is 0.254. The van der Waals surface area contributed by atoms with Crippen molar-refractivity contribution in [1.82, 2.24) is 0 Å². The van der Waals surface area contributed by atoms with Crippen molar-refractivity contribution in [3.05, 3.63) is 24.0 Å². The molecule has 0 saturated carbocycles. The van der Waals surface area contributed by atoms with Crippen molar-refractivity contribution in [2.75, 3.05) is 17.2 Å². The van der Waals surface area contributed by atoms with Gasteiger partial charge in [0.05, 0.1) is 16.4 Å². The summed E-state index contributed by atoms with van der Waals surface area (Å²) in [6.07, 6.45) is 0. The fourth-order valence-electron chi connectivity index (χ4n) is 1.39. The van der Waals surface area contributed by atoms with Gasteiger partial charge in [-0.25, -0.2) is 4.39 Å². The van der Waals surface area contributed by atoms with Crippen LogP contribution in [0, 0.1) is 11.7 Å². The van der Waals surface area contributed by atoms with Gasteiger partial charge in [0.25, 0.3) is 0 Å². The third-order valence-electron chi connectivity index (χ3n) is 2.29. The lowest BCUT2D eigenvalue weighted by atomic mass is 10.2. The van der Waals surface area contributed by atoms with Gasteiger partial charge in [-0.3, -0.25) is 0 Å². The molecule has 1 aromatic rings. The van der Waals surface area contributed by atoms with E-state index in [-0.39, 0.29) is 11.7 Å². The van der Waals surface area contributed by atoms with E-state index in [9.17, 15) is 4.39 Å². The molecule has 2 N–H and O–H groups in total. The van der Waals surface area contributed by atoms with Gasteiger partial charge in [0.15, 0.2) is 0 Å². The summed E-state index contributed by atoms with van der Waals surface area (Å²) in [5.41, 5.74) is 1.62. The van der Waals surface area contributed by atoms with Crippen molar-refractivity contribution in [3.8, 4) is 0 Å². The van der Waals surface area contributed by atoms with Crippen molar-refractivity contribution in [1.29, 1.82) is 0 Å². The highest BCUT2D eigenvalue weighted by atomic mass is 32.1. The van der Waals surface area contributed by atoms with Gasteiger partial charge in [0, 0.05) is 12.5 Å². The maximum absolute atomic E-state index is 12.9. The van der Waals surface area contributed by atoms with Crippen molar-refractivity contribution in [3.63, 3.8) is 0 Å². The summed E-state index contributed by atoms with van der Waals surface area (Å²) < 4.78 is 12.9. The number of nitrogens with one attached hydrogen (secondary N) is 2. The summed E-state index contributed by atoms with van der Waals surface area (Å²) >= 11 is 5.16. The molecule has 4 heteroatoms. The molecule has 14 heavy (non-hydrogen) atoms. The molecule has 1 aliphatic rings. The zero-order chi connectivity index (χ0) is 10.1. The van der Waals surface area contributed by atoms with Gasteiger partial charge in [-0.15, -0.1) is 0 Å². The molecule has 0 radical (unpaired) electrons. The van der Waals surface area contributed by atoms with Gasteiger partial charge < -0.3 is 10.6 Å². The van der Waals surface area contributed by atoms with Crippen LogP contribution in [-0.2, 0) is 0 Å². The van der Waals surface area contributed by atoms with E-state index in [1.165, 1.54) is 12.1 Å². The molecule has 0 saturated heterocycles. The lowest BCUT2D eigenvalue weighted by Crippen LogP contribution is -2.20. The number of benzene rings is 1. The summed E-state index contributed by atoms with van der Waals surface area (Å²) in [6.45, 7) is 2.81. The second-order valence-electron chi connectivity index (χ2n) is 3.46. The van der Waals surface area contributed by atoms with Crippen molar-refractivity contribution in [2.24, 2.45) is 5.92 Å². The van der Waals surface area contributed by atoms with E-state index in [2.05, 4.69) is 10.6 Å². The zero-order valence-electron chi connectivity index (χ0n) is 7.80. The summed E-state index contributed by atoms with van der Waals surface area (Å²) in [5.74, 6) is 0.0101. The standard InChI is InChI=1S/C10H11FN2S/c1-6-5-12-8-3-2-7(11)4-9(8)13-10(6)14/h2-4,6,12H,5H2,1H3,(H,13,14). The van der Waals surface area contributed by atoms with E-state index >= 15 is 0 Å². The van der Waals surface area contributed by atoms with Crippen LogP contribution in [0.25, 0.3) is 0 Å². The molecule has 2 nitrogen and oxygen atoms in total. The van der Waals surface area contributed by atoms with Gasteiger partial charge in [0.2, 0.25) is 0 Å². The molecule has 0 aliphatic carbocycles. The molecule has 0 fully saturated rings. The van der Waals surface area contributed by atoms with Crippen LogP contribution in [-0.4, -0.2) is 11.5 Å². The molecule has 1 heterocycles. The second-order valence-corrected chi connectivity index (χ2v) is 3.90. The van der Waals surface area contributed by atoms with Crippen LogP contribution in [0.1, 0.15) is 6.92 Å². The lowest BCUT2D eigenvalue weighted by Gasteiger charge is -2.08. The number of hydrogen-bond donors (Lipinski definition) is 2. The minimum atomic E-state index is -0.254. The van der Waals surface area contributed by atoms with Gasteiger partial charge in [-0.05, 0) is 18.2 Å². The largest absolute Gasteiger partial charge is 0.383 e. The first-order valence-electron chi connectivity index (χ1n) is 4.51. The predicted octanol–water partition coefficient (Wildman–Crippen LogP) is 2.63. The summed E-state index contributed by atoms with van der Waals surface area (Å²) in [6, 6.07) is 4.61. The average Bonchev–Trinajstić information content (AvgIpc) is 2.27. The Labute approximate surface area is 87.5 Å². The molecular formula is C10H11FN2S. The number of rotatable bonds is 0. The smallest absolute Gasteiger partial charge is 0.125 e. The SMILES string of the molecule is CC1CNc2ccc(F)cc2NC1=S. The lowest BCUT2D eigenvalue weighted by molar-refractivity contribution is 0.628. The highest BCUT2D eigenvalue weighted by Crippen LogP contribution is 2.26. The maximum Gasteiger partial charge on any atom is 0.125 e. The molecule has 1 aliphatic heterocycles. The van der Waals surface area contributed by atoms with Gasteiger partial charge in [-0.2, -0.15) is 0 Å². The second kappa shape index (κ2) is 3.53. The monoisotopic (exact) mass is 210 g/mol. The van der Waals surface area contributed by atoms with Crippen LogP contribution in [0.4, 0.5) is 15.8 Å². The Hall–Kier alpha value is -1.16. The van der Waals surface area contributed by atoms with Crippen LogP contribution in [0.5, 0.6) is 0 Å². The minimum Gasteiger partial charge on any atom is -0.383 e. The molecule has 74 valence electrons. The van der Waals surface area contributed by atoms with E-state index in [0.717, 1.165) is 22.9 Å². The molecule has 0 bridgehead atoms. The number of hydrogen-bond acceptors (Lipinski definition) is 2. The van der Waals surface area contributed by atoms with E-state index in [1.54, 1.807) is 6.07 Å². The van der Waals surface area contributed by atoms with Crippen molar-refractivity contribution >= 4 is 28.6 Å². The van der Waals surface area contributed by atoms with Gasteiger partial charge in [-0.1, -0.05) is 19.1 Å². The van der Waals surface area contributed by atoms with Crippen LogP contribution in [0.2, 0.25) is 0 Å². The van der Waals surface area contributed by atoms with E-state index in [0.29, 0.717) is 0 Å². The van der Waals surface area contributed by atoms with E-state index in [1.807, 2.05) is 6.92 Å². The topological polar surface area (TPSA) is 24.1 Å². The number of halogens is 1. The highest BCUT2D eigenvalue weighted by molar-refractivity contribution is 7.80. The normalized spacial score (nSPS) is 20.4. The molecule has 1 unspecified atom stereocenters. The number of thiocarbonyl (C=S) groups is 1. The Balaban J connectivity index is 2.38. The predicted molar refractivity (Wildman–Crippen MR) is 60.3 cm³/mol. The summed E-state index contributed by atoms with van der Waals surface area (Å²) in [5, 5.41) is 6.26. The Morgan fingerprint density at radius 3 is 3.00 bits per heavy atom. The average molecular weight is 210 g/mol. The van der Waals surface area contributed by atoms with Crippen molar-refractivity contribution < 1.29 is 4.39 Å². The zero-order valence-corrected chi connectivity index (χ0v) is 8.62. The molecule has 2 rings (SSSR count). The molecule has 1 atom stereocenters. The van der Waals surface area contributed by atoms with Crippen LogP contribution in [0.3, 0.4) is 0 Å². The Bertz CT molecular complexity index is 378. The third kappa shape index (κ3) is 1.70. The quantitative estimate of drug-likeness (QED) is 0.644. The number of anilines is 2. The first kappa shape index (κ1) is 9.40. The molecule has 0 spiro atoms. The Kier molecular flexibility index (Phi) is 2.37. The first-order chi connectivity index (χ1) is 6.66. The van der Waals surface area contributed by atoms with Crippen LogP contribution in [0.15, 0.2) is 18.2 Å². The van der Waals surface area contributed by atoms with Crippen molar-refractivity contribution in [2.45, 2.75) is 6.92 Å². The van der Waals surface area contributed by atoms with E-state index in [4.69, 9.17) is 12.2 Å². The Morgan fingerprint density at radius 1 is 1.43 bits per heavy atom. The first-order valence-corrected chi connectivity index (χ1v) is 4.92. The third-order valence-corrected chi connectivity index (χ3v) is 2.79. The number of fused-ring (bicyclic) bond motifs is 1. The van der Waals surface area contributed by atoms with Gasteiger partial charge >= 0.3 is 0 Å². The fourth-order valence-corrected chi connectivity index (χ4v) is 1.58. The molecule has 0 amide bonds. The molecule has 0 aromatic heterocycles. The van der Waals surface area contributed by atoms with Gasteiger partial charge in [0.1, 0.15) is 5.82 Å². The highest BCUT2D eigenvalue weighted by Gasteiger charge is 2.16. The maximum atomic E-state index is 12.9. The summed E-state index contributed by atoms with van der Waals surface area (Å²) in [4.78, 5) is 0.752. The van der Waals surface area contributed by atoms with Crippen LogP contribution >= 0.6 is 12.2 Å². The summed E-state index contributed by atoms with van der Waals surface area (Å²) in [7, 11) is 0.